The van der Waals surface area contributed by atoms with Crippen molar-refractivity contribution in [2.24, 2.45) is 7.05 Å². The van der Waals surface area contributed by atoms with Gasteiger partial charge in [-0.3, -0.25) is 9.48 Å². The van der Waals surface area contributed by atoms with Gasteiger partial charge < -0.3 is 16.2 Å². The maximum absolute atomic E-state index is 11.6. The quantitative estimate of drug-likeness (QED) is 0.627. The van der Waals surface area contributed by atoms with Gasteiger partial charge >= 0.3 is 0 Å². The number of nitrogen functional groups attached to an aromatic ring is 1. The number of aliphatic hydroxyl groups is 1. The summed E-state index contributed by atoms with van der Waals surface area (Å²) in [4.78, 5) is 11.6. The molecule has 0 aromatic carbocycles. The fourth-order valence-corrected chi connectivity index (χ4v) is 1.21. The van der Waals surface area contributed by atoms with Gasteiger partial charge in [0.1, 0.15) is 0 Å². The lowest BCUT2D eigenvalue weighted by atomic mass is 10.2. The second-order valence-electron chi connectivity index (χ2n) is 3.37. The molecular formula is C9H16N4O2. The molecule has 0 spiro atoms. The van der Waals surface area contributed by atoms with Crippen molar-refractivity contribution in [3.63, 3.8) is 0 Å². The minimum atomic E-state index is -0.353. The molecule has 1 heterocycles. The van der Waals surface area contributed by atoms with Gasteiger partial charge in [-0.25, -0.2) is 0 Å². The van der Waals surface area contributed by atoms with Crippen molar-refractivity contribution in [2.75, 3.05) is 12.3 Å². The Labute approximate surface area is 88.1 Å². The van der Waals surface area contributed by atoms with E-state index >= 15 is 0 Å². The molecule has 0 saturated carbocycles. The third-order valence-corrected chi connectivity index (χ3v) is 2.12. The number of aromatic nitrogens is 2. The molecule has 15 heavy (non-hydrogen) atoms. The maximum atomic E-state index is 11.6. The van der Waals surface area contributed by atoms with Crippen LogP contribution < -0.4 is 11.1 Å². The SMILES string of the molecule is CCC(CO)NC(=O)c1nn(C)cc1N. The topological polar surface area (TPSA) is 93.2 Å². The summed E-state index contributed by atoms with van der Waals surface area (Å²) in [5.74, 6) is -0.353. The summed E-state index contributed by atoms with van der Waals surface area (Å²) in [6, 6.07) is -0.251. The predicted molar refractivity (Wildman–Crippen MR) is 56.3 cm³/mol. The molecule has 1 unspecified atom stereocenters. The van der Waals surface area contributed by atoms with E-state index in [2.05, 4.69) is 10.4 Å². The van der Waals surface area contributed by atoms with E-state index in [1.165, 1.54) is 4.68 Å². The van der Waals surface area contributed by atoms with E-state index in [-0.39, 0.29) is 24.2 Å². The summed E-state index contributed by atoms with van der Waals surface area (Å²) < 4.78 is 1.48. The number of anilines is 1. The van der Waals surface area contributed by atoms with E-state index in [9.17, 15) is 4.79 Å². The molecule has 0 aliphatic rings. The lowest BCUT2D eigenvalue weighted by Crippen LogP contribution is -2.37. The van der Waals surface area contributed by atoms with E-state index < -0.39 is 0 Å². The van der Waals surface area contributed by atoms with Crippen LogP contribution in [0.4, 0.5) is 5.69 Å². The standard InChI is InChI=1S/C9H16N4O2/c1-3-6(5-14)11-9(15)8-7(10)4-13(2)12-8/h4,6,14H,3,5,10H2,1-2H3,(H,11,15). The zero-order valence-electron chi connectivity index (χ0n) is 8.90. The van der Waals surface area contributed by atoms with Crippen LogP contribution in [0.2, 0.25) is 0 Å². The minimum Gasteiger partial charge on any atom is -0.396 e. The zero-order chi connectivity index (χ0) is 11.4. The number of aryl methyl sites for hydroxylation is 1. The monoisotopic (exact) mass is 212 g/mol. The number of carbonyl (C=O) groups is 1. The van der Waals surface area contributed by atoms with Gasteiger partial charge in [-0.2, -0.15) is 5.10 Å². The molecule has 1 aromatic heterocycles. The first-order valence-corrected chi connectivity index (χ1v) is 4.79. The summed E-state index contributed by atoms with van der Waals surface area (Å²) >= 11 is 0. The average Bonchev–Trinajstić information content (AvgIpc) is 2.54. The Morgan fingerprint density at radius 3 is 2.87 bits per heavy atom. The highest BCUT2D eigenvalue weighted by atomic mass is 16.3. The van der Waals surface area contributed by atoms with Crippen molar-refractivity contribution in [1.82, 2.24) is 15.1 Å². The number of nitrogens with one attached hydrogen (secondary N) is 1. The van der Waals surface area contributed by atoms with Crippen molar-refractivity contribution >= 4 is 11.6 Å². The van der Waals surface area contributed by atoms with E-state index in [4.69, 9.17) is 10.8 Å². The van der Waals surface area contributed by atoms with Crippen molar-refractivity contribution in [3.8, 4) is 0 Å². The predicted octanol–water partition coefficient (Wildman–Crippen LogP) is -0.497. The molecule has 84 valence electrons. The molecule has 0 fully saturated rings. The van der Waals surface area contributed by atoms with Crippen LogP contribution in [0.15, 0.2) is 6.20 Å². The van der Waals surface area contributed by atoms with Crippen LogP contribution in [0.5, 0.6) is 0 Å². The van der Waals surface area contributed by atoms with Gasteiger partial charge in [-0.15, -0.1) is 0 Å². The Balaban J connectivity index is 2.72. The molecule has 1 rings (SSSR count). The van der Waals surface area contributed by atoms with Gasteiger partial charge in [0.05, 0.1) is 18.3 Å². The average molecular weight is 212 g/mol. The highest BCUT2D eigenvalue weighted by Gasteiger charge is 2.16. The van der Waals surface area contributed by atoms with Crippen molar-refractivity contribution in [1.29, 1.82) is 0 Å². The minimum absolute atomic E-state index is 0.0883. The first kappa shape index (κ1) is 11.5. The van der Waals surface area contributed by atoms with Crippen LogP contribution in [0, 0.1) is 0 Å². The fourth-order valence-electron chi connectivity index (χ4n) is 1.21. The number of hydrogen-bond donors (Lipinski definition) is 3. The fraction of sp³-hybridized carbons (Fsp3) is 0.556. The maximum Gasteiger partial charge on any atom is 0.274 e. The number of aliphatic hydroxyl groups excluding tert-OH is 1. The number of nitrogens with zero attached hydrogens (tertiary/aromatic N) is 2. The second kappa shape index (κ2) is 4.79. The van der Waals surface area contributed by atoms with Crippen LogP contribution in [-0.4, -0.2) is 33.4 Å². The van der Waals surface area contributed by atoms with Crippen LogP contribution in [0.25, 0.3) is 0 Å². The summed E-state index contributed by atoms with van der Waals surface area (Å²) in [5.41, 5.74) is 6.13. The highest BCUT2D eigenvalue weighted by Crippen LogP contribution is 2.08. The third-order valence-electron chi connectivity index (χ3n) is 2.12. The molecule has 0 aliphatic heterocycles. The molecule has 1 aromatic rings. The van der Waals surface area contributed by atoms with Gasteiger partial charge in [0.25, 0.3) is 5.91 Å². The molecule has 6 nitrogen and oxygen atoms in total. The Hall–Kier alpha value is -1.56. The normalized spacial score (nSPS) is 12.5. The largest absolute Gasteiger partial charge is 0.396 e. The van der Waals surface area contributed by atoms with Crippen molar-refractivity contribution < 1.29 is 9.90 Å². The summed E-state index contributed by atoms with van der Waals surface area (Å²) in [5, 5.41) is 15.5. The zero-order valence-corrected chi connectivity index (χ0v) is 8.90. The molecule has 0 saturated heterocycles. The van der Waals surface area contributed by atoms with Crippen LogP contribution >= 0.6 is 0 Å². The van der Waals surface area contributed by atoms with Gasteiger partial charge in [0.15, 0.2) is 5.69 Å². The van der Waals surface area contributed by atoms with Crippen molar-refractivity contribution in [3.05, 3.63) is 11.9 Å². The van der Waals surface area contributed by atoms with E-state index in [0.717, 1.165) is 0 Å². The molecule has 0 bridgehead atoms. The number of amides is 1. The number of hydrogen-bond acceptors (Lipinski definition) is 4. The smallest absolute Gasteiger partial charge is 0.274 e. The van der Waals surface area contributed by atoms with E-state index in [1.54, 1.807) is 13.2 Å². The third kappa shape index (κ3) is 2.69. The van der Waals surface area contributed by atoms with Crippen LogP contribution in [0.3, 0.4) is 0 Å². The summed E-state index contributed by atoms with van der Waals surface area (Å²) in [6.07, 6.45) is 2.23. The first-order valence-electron chi connectivity index (χ1n) is 4.79. The number of rotatable bonds is 4. The van der Waals surface area contributed by atoms with Gasteiger partial charge in [0.2, 0.25) is 0 Å². The van der Waals surface area contributed by atoms with Gasteiger partial charge in [-0.1, -0.05) is 6.92 Å². The molecule has 4 N–H and O–H groups in total. The van der Waals surface area contributed by atoms with Crippen LogP contribution in [-0.2, 0) is 7.05 Å². The molecule has 0 radical (unpaired) electrons. The molecule has 6 heteroatoms. The Kier molecular flexibility index (Phi) is 3.68. The van der Waals surface area contributed by atoms with E-state index in [0.29, 0.717) is 12.1 Å². The Bertz CT molecular complexity index is 344. The summed E-state index contributed by atoms with van der Waals surface area (Å²) in [7, 11) is 1.69. The lowest BCUT2D eigenvalue weighted by molar-refractivity contribution is 0.0910. The molecule has 0 aliphatic carbocycles. The van der Waals surface area contributed by atoms with Gasteiger partial charge in [-0.05, 0) is 6.42 Å². The summed E-state index contributed by atoms with van der Waals surface area (Å²) in [6.45, 7) is 1.79. The Morgan fingerprint density at radius 1 is 1.80 bits per heavy atom. The van der Waals surface area contributed by atoms with Crippen molar-refractivity contribution in [2.45, 2.75) is 19.4 Å². The molecule has 1 atom stereocenters. The molecular weight excluding hydrogens is 196 g/mol. The Morgan fingerprint density at radius 2 is 2.47 bits per heavy atom. The number of nitrogens with two attached hydrogens (primary N) is 1. The van der Waals surface area contributed by atoms with Gasteiger partial charge in [0, 0.05) is 13.2 Å². The number of carbonyl (C=O) groups excluding carboxylic acids is 1. The van der Waals surface area contributed by atoms with E-state index in [1.807, 2.05) is 6.92 Å². The first-order chi connectivity index (χ1) is 7.08. The lowest BCUT2D eigenvalue weighted by Gasteiger charge is -2.12. The highest BCUT2D eigenvalue weighted by molar-refractivity contribution is 5.97. The second-order valence-corrected chi connectivity index (χ2v) is 3.37. The molecule has 1 amide bonds. The van der Waals surface area contributed by atoms with Crippen LogP contribution in [0.1, 0.15) is 23.8 Å².